The summed E-state index contributed by atoms with van der Waals surface area (Å²) in [6.07, 6.45) is 0.163. The van der Waals surface area contributed by atoms with E-state index in [0.717, 1.165) is 10.4 Å². The largest absolute Gasteiger partial charge is 0.464 e. The Bertz CT molecular complexity index is 810. The van der Waals surface area contributed by atoms with Crippen LogP contribution in [0.1, 0.15) is 62.6 Å². The number of hydrogen-bond acceptors (Lipinski definition) is 6. The van der Waals surface area contributed by atoms with Crippen molar-refractivity contribution in [3.05, 3.63) is 41.0 Å². The van der Waals surface area contributed by atoms with Crippen LogP contribution in [0.25, 0.3) is 10.4 Å². The van der Waals surface area contributed by atoms with Crippen molar-refractivity contribution in [3.63, 3.8) is 0 Å². The molecule has 1 aromatic heterocycles. The van der Waals surface area contributed by atoms with Gasteiger partial charge < -0.3 is 14.8 Å². The van der Waals surface area contributed by atoms with Crippen LogP contribution in [0.5, 0.6) is 0 Å². The minimum atomic E-state index is -0.596. The molecule has 0 bridgehead atoms. The second kappa shape index (κ2) is 9.19. The van der Waals surface area contributed by atoms with Gasteiger partial charge in [-0.05, 0) is 38.7 Å². The van der Waals surface area contributed by atoms with Crippen molar-refractivity contribution in [1.82, 2.24) is 10.3 Å². The third-order valence-electron chi connectivity index (χ3n) is 3.75. The number of rotatable bonds is 6. The predicted octanol–water partition coefficient (Wildman–Crippen LogP) is 5.21. The fourth-order valence-corrected chi connectivity index (χ4v) is 3.77. The smallest absolute Gasteiger partial charge is 0.408 e. The highest BCUT2D eigenvalue weighted by atomic mass is 32.1. The molecule has 0 aliphatic rings. The first-order valence-corrected chi connectivity index (χ1v) is 10.1. The van der Waals surface area contributed by atoms with Gasteiger partial charge in [-0.1, -0.05) is 44.2 Å². The number of alkyl carbamates (subject to hydrolysis) is 1. The minimum absolute atomic E-state index is 0.258. The summed E-state index contributed by atoms with van der Waals surface area (Å²) in [6.45, 7) is 9.58. The van der Waals surface area contributed by atoms with Crippen molar-refractivity contribution in [2.45, 2.75) is 52.7 Å². The number of ether oxygens (including phenoxy) is 2. The van der Waals surface area contributed by atoms with E-state index in [-0.39, 0.29) is 11.7 Å². The number of carbonyl (C=O) groups is 2. The number of methoxy groups -OCH3 is 1. The monoisotopic (exact) mass is 404 g/mol. The van der Waals surface area contributed by atoms with Gasteiger partial charge in [0.2, 0.25) is 0 Å². The lowest BCUT2D eigenvalue weighted by Crippen LogP contribution is -2.35. The fraction of sp³-hybridized carbons (Fsp3) is 0.476. The molecule has 28 heavy (non-hydrogen) atoms. The second-order valence-electron chi connectivity index (χ2n) is 7.92. The molecule has 1 N–H and O–H groups in total. The molecule has 1 heterocycles. The van der Waals surface area contributed by atoms with Crippen LogP contribution in [-0.2, 0) is 9.47 Å². The molecule has 0 saturated carbocycles. The molecule has 1 atom stereocenters. The topological polar surface area (TPSA) is 77.5 Å². The first kappa shape index (κ1) is 21.9. The lowest BCUT2D eigenvalue weighted by atomic mass is 10.0. The second-order valence-corrected chi connectivity index (χ2v) is 8.95. The third kappa shape index (κ3) is 6.05. The van der Waals surface area contributed by atoms with E-state index in [2.05, 4.69) is 24.1 Å². The SMILES string of the molecule is COC(=O)c1nc([C@H](CC(C)C)NC(=O)OC(C)(C)C)sc1-c1ccccc1. The maximum atomic E-state index is 12.3. The molecule has 0 radical (unpaired) electrons. The normalized spacial score (nSPS) is 12.5. The number of esters is 1. The van der Waals surface area contributed by atoms with Gasteiger partial charge in [0.1, 0.15) is 10.6 Å². The number of nitrogens with zero attached hydrogens (tertiary/aromatic N) is 1. The van der Waals surface area contributed by atoms with E-state index in [1.807, 2.05) is 51.1 Å². The molecule has 152 valence electrons. The van der Waals surface area contributed by atoms with Crippen LogP contribution in [0.2, 0.25) is 0 Å². The van der Waals surface area contributed by atoms with Crippen LogP contribution in [0, 0.1) is 5.92 Å². The highest BCUT2D eigenvalue weighted by molar-refractivity contribution is 7.15. The standard InChI is InChI=1S/C21H28N2O4S/c1-13(2)12-15(22-20(25)27-21(3,4)5)18-23-16(19(24)26-6)17(28-18)14-10-8-7-9-11-14/h7-11,13,15H,12H2,1-6H3,(H,22,25)/t15-/m0/s1. The number of amides is 1. The summed E-state index contributed by atoms with van der Waals surface area (Å²) < 4.78 is 10.3. The van der Waals surface area contributed by atoms with Crippen LogP contribution < -0.4 is 5.32 Å². The van der Waals surface area contributed by atoms with Crippen LogP contribution in [-0.4, -0.2) is 29.8 Å². The van der Waals surface area contributed by atoms with Gasteiger partial charge in [0.05, 0.1) is 18.0 Å². The van der Waals surface area contributed by atoms with E-state index in [0.29, 0.717) is 17.3 Å². The van der Waals surface area contributed by atoms with Crippen LogP contribution in [0.3, 0.4) is 0 Å². The van der Waals surface area contributed by atoms with Gasteiger partial charge in [0.15, 0.2) is 5.69 Å². The zero-order chi connectivity index (χ0) is 20.9. The molecule has 0 aliphatic heterocycles. The Labute approximate surface area is 170 Å². The van der Waals surface area contributed by atoms with E-state index in [9.17, 15) is 9.59 Å². The molecule has 0 aliphatic carbocycles. The van der Waals surface area contributed by atoms with E-state index in [1.54, 1.807) is 0 Å². The van der Waals surface area contributed by atoms with Gasteiger partial charge in [-0.2, -0.15) is 0 Å². The zero-order valence-corrected chi connectivity index (χ0v) is 18.1. The number of thiazole rings is 1. The average molecular weight is 405 g/mol. The van der Waals surface area contributed by atoms with Gasteiger partial charge >= 0.3 is 12.1 Å². The molecule has 0 saturated heterocycles. The molecule has 6 nitrogen and oxygen atoms in total. The number of benzene rings is 1. The summed E-state index contributed by atoms with van der Waals surface area (Å²) in [5, 5.41) is 3.56. The van der Waals surface area contributed by atoms with E-state index < -0.39 is 17.7 Å². The van der Waals surface area contributed by atoms with Crippen molar-refractivity contribution in [1.29, 1.82) is 0 Å². The van der Waals surface area contributed by atoms with Gasteiger partial charge in [-0.3, -0.25) is 0 Å². The molecular weight excluding hydrogens is 376 g/mol. The van der Waals surface area contributed by atoms with Crippen LogP contribution >= 0.6 is 11.3 Å². The Kier molecular flexibility index (Phi) is 7.18. The van der Waals surface area contributed by atoms with E-state index in [1.165, 1.54) is 18.4 Å². The van der Waals surface area contributed by atoms with Crippen LogP contribution in [0.4, 0.5) is 4.79 Å². The summed E-state index contributed by atoms with van der Waals surface area (Å²) in [4.78, 5) is 29.9. The lowest BCUT2D eigenvalue weighted by molar-refractivity contribution is 0.0497. The Hall–Kier alpha value is -2.41. The Morgan fingerprint density at radius 3 is 2.36 bits per heavy atom. The van der Waals surface area contributed by atoms with Crippen LogP contribution in [0.15, 0.2) is 30.3 Å². The third-order valence-corrected chi connectivity index (χ3v) is 4.97. The van der Waals surface area contributed by atoms with Crippen molar-refractivity contribution < 1.29 is 19.1 Å². The van der Waals surface area contributed by atoms with E-state index in [4.69, 9.17) is 9.47 Å². The van der Waals surface area contributed by atoms with Gasteiger partial charge in [-0.25, -0.2) is 14.6 Å². The quantitative estimate of drug-likeness (QED) is 0.669. The maximum Gasteiger partial charge on any atom is 0.408 e. The summed E-state index contributed by atoms with van der Waals surface area (Å²) in [6, 6.07) is 9.20. The molecule has 0 spiro atoms. The van der Waals surface area contributed by atoms with Crippen molar-refractivity contribution >= 4 is 23.4 Å². The summed E-state index contributed by atoms with van der Waals surface area (Å²) in [5.74, 6) is -0.187. The highest BCUT2D eigenvalue weighted by Gasteiger charge is 2.27. The fourth-order valence-electron chi connectivity index (χ4n) is 2.65. The number of hydrogen-bond donors (Lipinski definition) is 1. The van der Waals surface area contributed by atoms with Gasteiger partial charge in [0, 0.05) is 0 Å². The van der Waals surface area contributed by atoms with Gasteiger partial charge in [0.25, 0.3) is 0 Å². The average Bonchev–Trinajstić information content (AvgIpc) is 3.04. The molecular formula is C21H28N2O4S. The molecule has 0 unspecified atom stereocenters. The van der Waals surface area contributed by atoms with Crippen molar-refractivity contribution in [2.75, 3.05) is 7.11 Å². The Morgan fingerprint density at radius 2 is 1.82 bits per heavy atom. The summed E-state index contributed by atoms with van der Waals surface area (Å²) in [7, 11) is 1.33. The number of nitrogens with one attached hydrogen (secondary N) is 1. The summed E-state index contributed by atoms with van der Waals surface area (Å²) >= 11 is 1.38. The molecule has 2 rings (SSSR count). The Balaban J connectivity index is 2.41. The molecule has 7 heteroatoms. The molecule has 2 aromatic rings. The van der Waals surface area contributed by atoms with Crippen molar-refractivity contribution in [2.24, 2.45) is 5.92 Å². The predicted molar refractivity (Wildman–Crippen MR) is 110 cm³/mol. The zero-order valence-electron chi connectivity index (χ0n) is 17.2. The van der Waals surface area contributed by atoms with E-state index >= 15 is 0 Å². The first-order valence-electron chi connectivity index (χ1n) is 9.24. The van der Waals surface area contributed by atoms with Crippen molar-refractivity contribution in [3.8, 4) is 10.4 Å². The minimum Gasteiger partial charge on any atom is -0.464 e. The maximum absolute atomic E-state index is 12.3. The number of aromatic nitrogens is 1. The molecule has 1 aromatic carbocycles. The highest BCUT2D eigenvalue weighted by Crippen LogP contribution is 2.35. The lowest BCUT2D eigenvalue weighted by Gasteiger charge is -2.23. The molecule has 1 amide bonds. The summed E-state index contributed by atoms with van der Waals surface area (Å²) in [5.41, 5.74) is 0.544. The first-order chi connectivity index (χ1) is 13.1. The van der Waals surface area contributed by atoms with Gasteiger partial charge in [-0.15, -0.1) is 11.3 Å². The Morgan fingerprint density at radius 1 is 1.18 bits per heavy atom. The number of carbonyl (C=O) groups excluding carboxylic acids is 2. The molecule has 0 fully saturated rings.